The lowest BCUT2D eigenvalue weighted by molar-refractivity contribution is 0.801. The van der Waals surface area contributed by atoms with Crippen LogP contribution in [0.15, 0.2) is 30.3 Å². The molecule has 0 atom stereocenters. The zero-order chi connectivity index (χ0) is 11.1. The van der Waals surface area contributed by atoms with Gasteiger partial charge in [-0.15, -0.1) is 0 Å². The van der Waals surface area contributed by atoms with Crippen LogP contribution < -0.4 is 5.32 Å². The number of rotatable bonds is 5. The van der Waals surface area contributed by atoms with Crippen molar-refractivity contribution in [3.05, 3.63) is 41.5 Å². The van der Waals surface area contributed by atoms with Gasteiger partial charge >= 0.3 is 0 Å². The van der Waals surface area contributed by atoms with Gasteiger partial charge in [0.05, 0.1) is 0 Å². The molecule has 0 aliphatic carbocycles. The fourth-order valence-corrected chi connectivity index (χ4v) is 1.41. The molecular weight excluding hydrogens is 182 g/mol. The third-order valence-corrected chi connectivity index (χ3v) is 2.43. The summed E-state index contributed by atoms with van der Waals surface area (Å²) in [6.07, 6.45) is 4.32. The SMILES string of the molecule is CCNCC=Cc1ccc(C(C)C)cc1. The van der Waals surface area contributed by atoms with Gasteiger partial charge in [-0.3, -0.25) is 0 Å². The summed E-state index contributed by atoms with van der Waals surface area (Å²) in [6.45, 7) is 8.52. The van der Waals surface area contributed by atoms with E-state index in [4.69, 9.17) is 0 Å². The highest BCUT2D eigenvalue weighted by atomic mass is 14.8. The first-order valence-corrected chi connectivity index (χ1v) is 5.71. The summed E-state index contributed by atoms with van der Waals surface area (Å²) in [7, 11) is 0. The second-order valence-electron chi connectivity index (χ2n) is 4.03. The summed E-state index contributed by atoms with van der Waals surface area (Å²) < 4.78 is 0. The number of likely N-dealkylation sites (N-methyl/N-ethyl adjacent to an activating group) is 1. The molecule has 1 aromatic rings. The van der Waals surface area contributed by atoms with Crippen LogP contribution in [0.4, 0.5) is 0 Å². The molecule has 0 radical (unpaired) electrons. The Morgan fingerprint density at radius 3 is 2.40 bits per heavy atom. The minimum atomic E-state index is 0.616. The molecular formula is C14H21N. The minimum Gasteiger partial charge on any atom is -0.314 e. The summed E-state index contributed by atoms with van der Waals surface area (Å²) in [5.74, 6) is 0.616. The van der Waals surface area contributed by atoms with Crippen LogP contribution in [0.2, 0.25) is 0 Å². The molecule has 0 spiro atoms. The molecule has 0 unspecified atom stereocenters. The van der Waals surface area contributed by atoms with E-state index in [1.165, 1.54) is 11.1 Å². The zero-order valence-electron chi connectivity index (χ0n) is 9.96. The molecule has 1 rings (SSSR count). The van der Waals surface area contributed by atoms with Crippen molar-refractivity contribution < 1.29 is 0 Å². The van der Waals surface area contributed by atoms with Crippen LogP contribution in [0.5, 0.6) is 0 Å². The largest absolute Gasteiger partial charge is 0.314 e. The fraction of sp³-hybridized carbons (Fsp3) is 0.429. The Bertz CT molecular complexity index is 296. The molecule has 1 nitrogen and oxygen atoms in total. The van der Waals surface area contributed by atoms with Crippen molar-refractivity contribution in [2.45, 2.75) is 26.7 Å². The fourth-order valence-electron chi connectivity index (χ4n) is 1.41. The van der Waals surface area contributed by atoms with E-state index in [0.717, 1.165) is 13.1 Å². The highest BCUT2D eigenvalue weighted by molar-refractivity contribution is 5.50. The highest BCUT2D eigenvalue weighted by Crippen LogP contribution is 2.15. The first-order chi connectivity index (χ1) is 7.24. The van der Waals surface area contributed by atoms with E-state index in [2.05, 4.69) is 62.5 Å². The molecule has 0 aromatic heterocycles. The van der Waals surface area contributed by atoms with Crippen molar-refractivity contribution >= 4 is 6.08 Å². The minimum absolute atomic E-state index is 0.616. The van der Waals surface area contributed by atoms with Gasteiger partial charge < -0.3 is 5.32 Å². The van der Waals surface area contributed by atoms with Crippen molar-refractivity contribution in [1.29, 1.82) is 0 Å². The van der Waals surface area contributed by atoms with Crippen LogP contribution >= 0.6 is 0 Å². The van der Waals surface area contributed by atoms with Gasteiger partial charge in [0.1, 0.15) is 0 Å². The quantitative estimate of drug-likeness (QED) is 0.723. The topological polar surface area (TPSA) is 12.0 Å². The second-order valence-corrected chi connectivity index (χ2v) is 4.03. The number of benzene rings is 1. The molecule has 0 aliphatic rings. The number of hydrogen-bond donors (Lipinski definition) is 1. The Balaban J connectivity index is 2.53. The molecule has 15 heavy (non-hydrogen) atoms. The number of hydrogen-bond acceptors (Lipinski definition) is 1. The normalized spacial score (nSPS) is 11.5. The van der Waals surface area contributed by atoms with Crippen LogP contribution in [0.25, 0.3) is 6.08 Å². The predicted molar refractivity (Wildman–Crippen MR) is 68.1 cm³/mol. The predicted octanol–water partition coefficient (Wildman–Crippen LogP) is 3.43. The molecule has 0 amide bonds. The molecule has 82 valence electrons. The Morgan fingerprint density at radius 2 is 1.87 bits per heavy atom. The lowest BCUT2D eigenvalue weighted by Crippen LogP contribution is -2.11. The smallest absolute Gasteiger partial charge is 0.0138 e. The van der Waals surface area contributed by atoms with Crippen molar-refractivity contribution in [3.8, 4) is 0 Å². The van der Waals surface area contributed by atoms with Gasteiger partial charge in [-0.05, 0) is 23.6 Å². The summed E-state index contributed by atoms with van der Waals surface area (Å²) in [4.78, 5) is 0. The first-order valence-electron chi connectivity index (χ1n) is 5.71. The molecule has 0 fully saturated rings. The summed E-state index contributed by atoms with van der Waals surface area (Å²) >= 11 is 0. The van der Waals surface area contributed by atoms with E-state index in [9.17, 15) is 0 Å². The van der Waals surface area contributed by atoms with E-state index >= 15 is 0 Å². The van der Waals surface area contributed by atoms with Gasteiger partial charge in [0.2, 0.25) is 0 Å². The van der Waals surface area contributed by atoms with Crippen LogP contribution in [0, 0.1) is 0 Å². The maximum absolute atomic E-state index is 3.26. The monoisotopic (exact) mass is 203 g/mol. The van der Waals surface area contributed by atoms with E-state index in [1.54, 1.807) is 0 Å². The van der Waals surface area contributed by atoms with Gasteiger partial charge in [0.15, 0.2) is 0 Å². The van der Waals surface area contributed by atoms with E-state index in [-0.39, 0.29) is 0 Å². The molecule has 0 saturated heterocycles. The molecule has 0 bridgehead atoms. The van der Waals surface area contributed by atoms with Crippen LogP contribution in [-0.2, 0) is 0 Å². The molecule has 0 heterocycles. The molecule has 1 heteroatoms. The first kappa shape index (κ1) is 12.0. The third-order valence-electron chi connectivity index (χ3n) is 2.43. The average molecular weight is 203 g/mol. The Kier molecular flexibility index (Phi) is 5.13. The molecule has 1 aromatic carbocycles. The third kappa shape index (κ3) is 4.30. The van der Waals surface area contributed by atoms with Gasteiger partial charge in [0.25, 0.3) is 0 Å². The maximum atomic E-state index is 3.26. The summed E-state index contributed by atoms with van der Waals surface area (Å²) in [5.41, 5.74) is 2.68. The van der Waals surface area contributed by atoms with Gasteiger partial charge in [-0.1, -0.05) is 57.2 Å². The summed E-state index contributed by atoms with van der Waals surface area (Å²) in [6, 6.07) is 8.77. The standard InChI is InChI=1S/C14H21N/c1-4-15-11-5-6-13-7-9-14(10-8-13)12(2)3/h5-10,12,15H,4,11H2,1-3H3. The Labute approximate surface area is 93.2 Å². The Morgan fingerprint density at radius 1 is 1.20 bits per heavy atom. The van der Waals surface area contributed by atoms with Crippen LogP contribution in [-0.4, -0.2) is 13.1 Å². The van der Waals surface area contributed by atoms with Crippen molar-refractivity contribution in [2.75, 3.05) is 13.1 Å². The molecule has 0 saturated carbocycles. The maximum Gasteiger partial charge on any atom is 0.0138 e. The van der Waals surface area contributed by atoms with Gasteiger partial charge in [0, 0.05) is 6.54 Å². The van der Waals surface area contributed by atoms with Crippen LogP contribution in [0.3, 0.4) is 0 Å². The molecule has 1 N–H and O–H groups in total. The summed E-state index contributed by atoms with van der Waals surface area (Å²) in [5, 5.41) is 3.26. The van der Waals surface area contributed by atoms with E-state index in [0.29, 0.717) is 5.92 Å². The second kappa shape index (κ2) is 6.41. The lowest BCUT2D eigenvalue weighted by Gasteiger charge is -2.04. The van der Waals surface area contributed by atoms with Crippen molar-refractivity contribution in [1.82, 2.24) is 5.32 Å². The van der Waals surface area contributed by atoms with E-state index < -0.39 is 0 Å². The number of nitrogens with one attached hydrogen (secondary N) is 1. The van der Waals surface area contributed by atoms with Crippen molar-refractivity contribution in [2.24, 2.45) is 0 Å². The van der Waals surface area contributed by atoms with Gasteiger partial charge in [-0.2, -0.15) is 0 Å². The van der Waals surface area contributed by atoms with E-state index in [1.807, 2.05) is 0 Å². The highest BCUT2D eigenvalue weighted by Gasteiger charge is 1.96. The lowest BCUT2D eigenvalue weighted by atomic mass is 10.0. The van der Waals surface area contributed by atoms with Crippen molar-refractivity contribution in [3.63, 3.8) is 0 Å². The average Bonchev–Trinajstić information content (AvgIpc) is 2.25. The zero-order valence-corrected chi connectivity index (χ0v) is 9.96. The van der Waals surface area contributed by atoms with Crippen LogP contribution in [0.1, 0.15) is 37.8 Å². The van der Waals surface area contributed by atoms with Gasteiger partial charge in [-0.25, -0.2) is 0 Å². The molecule has 0 aliphatic heterocycles. The Hall–Kier alpha value is -1.08.